The largest absolute Gasteiger partial charge is 0.384 e. The minimum Gasteiger partial charge on any atom is -0.384 e. The van der Waals surface area contributed by atoms with Gasteiger partial charge < -0.3 is 10.0 Å². The molecule has 0 aromatic heterocycles. The number of hydrogen-bond donors (Lipinski definition) is 1. The van der Waals surface area contributed by atoms with E-state index in [-0.39, 0.29) is 11.7 Å². The maximum absolute atomic E-state index is 13.5. The van der Waals surface area contributed by atoms with E-state index in [0.717, 1.165) is 37.2 Å². The Morgan fingerprint density at radius 2 is 1.65 bits per heavy atom. The molecule has 2 atom stereocenters. The summed E-state index contributed by atoms with van der Waals surface area (Å²) < 4.78 is 13.5. The second-order valence-electron chi connectivity index (χ2n) is 7.51. The maximum Gasteiger partial charge on any atom is 0.123 e. The summed E-state index contributed by atoms with van der Waals surface area (Å²) in [5, 5.41) is 11.9. The van der Waals surface area contributed by atoms with Gasteiger partial charge in [0.1, 0.15) is 5.82 Å². The Morgan fingerprint density at radius 1 is 1.00 bits per heavy atom. The van der Waals surface area contributed by atoms with E-state index < -0.39 is 5.60 Å². The van der Waals surface area contributed by atoms with Crippen LogP contribution in [-0.2, 0) is 5.60 Å². The number of likely N-dealkylation sites (tertiary alicyclic amines) is 1. The van der Waals surface area contributed by atoms with Gasteiger partial charge >= 0.3 is 0 Å². The Balaban J connectivity index is 1.99. The van der Waals surface area contributed by atoms with Crippen LogP contribution in [0.1, 0.15) is 56.1 Å². The van der Waals surface area contributed by atoms with Gasteiger partial charge in [-0.15, -0.1) is 0 Å². The highest BCUT2D eigenvalue weighted by atomic mass is 19.1. The van der Waals surface area contributed by atoms with Crippen molar-refractivity contribution in [1.29, 1.82) is 0 Å². The van der Waals surface area contributed by atoms with Crippen molar-refractivity contribution in [3.05, 3.63) is 71.5 Å². The van der Waals surface area contributed by atoms with Gasteiger partial charge in [-0.2, -0.15) is 0 Å². The molecule has 0 bridgehead atoms. The first-order valence-electron chi connectivity index (χ1n) is 9.89. The minimum atomic E-state index is -0.999. The summed E-state index contributed by atoms with van der Waals surface area (Å²) in [7, 11) is 0. The molecule has 0 amide bonds. The zero-order chi connectivity index (χ0) is 18.4. The number of halogens is 1. The van der Waals surface area contributed by atoms with Crippen molar-refractivity contribution in [2.75, 3.05) is 19.6 Å². The topological polar surface area (TPSA) is 23.5 Å². The Bertz CT molecular complexity index is 666. The quantitative estimate of drug-likeness (QED) is 0.748. The summed E-state index contributed by atoms with van der Waals surface area (Å²) in [6.45, 7) is 5.11. The molecule has 1 N–H and O–H groups in total. The van der Waals surface area contributed by atoms with E-state index >= 15 is 0 Å². The molecular weight excluding hydrogens is 325 g/mol. The lowest BCUT2D eigenvalue weighted by Gasteiger charge is -2.41. The summed E-state index contributed by atoms with van der Waals surface area (Å²) >= 11 is 0. The lowest BCUT2D eigenvalue weighted by atomic mass is 9.74. The fraction of sp³-hybridized carbons (Fsp3) is 0.478. The Hall–Kier alpha value is -1.71. The molecule has 0 aliphatic carbocycles. The van der Waals surface area contributed by atoms with Gasteiger partial charge in [0.25, 0.3) is 0 Å². The van der Waals surface area contributed by atoms with Crippen molar-refractivity contribution in [1.82, 2.24) is 4.90 Å². The van der Waals surface area contributed by atoms with Crippen LogP contribution in [0, 0.1) is 5.82 Å². The molecule has 0 spiro atoms. The van der Waals surface area contributed by atoms with E-state index in [1.807, 2.05) is 18.2 Å². The minimum absolute atomic E-state index is 0.0350. The summed E-state index contributed by atoms with van der Waals surface area (Å²) in [6.07, 6.45) is 5.28. The van der Waals surface area contributed by atoms with Crippen molar-refractivity contribution in [3.8, 4) is 0 Å². The van der Waals surface area contributed by atoms with Crippen molar-refractivity contribution in [2.45, 2.75) is 50.5 Å². The predicted molar refractivity (Wildman–Crippen MR) is 105 cm³/mol. The van der Waals surface area contributed by atoms with Gasteiger partial charge in [-0.3, -0.25) is 0 Å². The molecule has 0 unspecified atom stereocenters. The highest BCUT2D eigenvalue weighted by molar-refractivity contribution is 5.32. The molecule has 2 aromatic rings. The van der Waals surface area contributed by atoms with Gasteiger partial charge in [-0.1, -0.05) is 62.2 Å². The highest BCUT2D eigenvalue weighted by Crippen LogP contribution is 2.41. The zero-order valence-electron chi connectivity index (χ0n) is 15.7. The number of hydrogen-bond acceptors (Lipinski definition) is 2. The first-order valence-corrected chi connectivity index (χ1v) is 9.89. The van der Waals surface area contributed by atoms with Crippen molar-refractivity contribution in [3.63, 3.8) is 0 Å². The van der Waals surface area contributed by atoms with Gasteiger partial charge in [-0.05, 0) is 55.6 Å². The first kappa shape index (κ1) is 19.1. The van der Waals surface area contributed by atoms with Crippen LogP contribution in [0.25, 0.3) is 0 Å². The molecule has 2 nitrogen and oxygen atoms in total. The van der Waals surface area contributed by atoms with Crippen LogP contribution < -0.4 is 0 Å². The third kappa shape index (κ3) is 4.33. The van der Waals surface area contributed by atoms with Gasteiger partial charge in [0.15, 0.2) is 0 Å². The fourth-order valence-electron chi connectivity index (χ4n) is 4.26. The molecule has 0 saturated carbocycles. The number of piperidine rings is 1. The normalized spacial score (nSPS) is 19.0. The fourth-order valence-corrected chi connectivity index (χ4v) is 4.26. The molecule has 3 rings (SSSR count). The number of aliphatic hydroxyl groups is 1. The van der Waals surface area contributed by atoms with Crippen LogP contribution >= 0.6 is 0 Å². The van der Waals surface area contributed by atoms with Crippen molar-refractivity contribution >= 4 is 0 Å². The Kier molecular flexibility index (Phi) is 6.44. The molecule has 1 aliphatic heterocycles. The maximum atomic E-state index is 13.5. The van der Waals surface area contributed by atoms with E-state index in [0.29, 0.717) is 6.42 Å². The first-order chi connectivity index (χ1) is 12.6. The predicted octanol–water partition coefficient (Wildman–Crippen LogP) is 5.08. The summed E-state index contributed by atoms with van der Waals surface area (Å²) in [5.41, 5.74) is 0.964. The average Bonchev–Trinajstić information content (AvgIpc) is 2.68. The molecule has 140 valence electrons. The third-order valence-electron chi connectivity index (χ3n) is 5.64. The van der Waals surface area contributed by atoms with E-state index in [4.69, 9.17) is 0 Å². The van der Waals surface area contributed by atoms with Crippen LogP contribution in [0.2, 0.25) is 0 Å². The number of rotatable bonds is 7. The van der Waals surface area contributed by atoms with Gasteiger partial charge in [-0.25, -0.2) is 4.39 Å². The Morgan fingerprint density at radius 3 is 2.27 bits per heavy atom. The SMILES string of the molecule is CCC[C@@](O)(c1ccc(F)cc1)[C@H](CN1CCCCC1)c1ccccc1. The zero-order valence-corrected chi connectivity index (χ0v) is 15.7. The monoisotopic (exact) mass is 355 g/mol. The van der Waals surface area contributed by atoms with E-state index in [2.05, 4.69) is 24.0 Å². The van der Waals surface area contributed by atoms with Crippen LogP contribution in [0.5, 0.6) is 0 Å². The molecule has 1 fully saturated rings. The second-order valence-corrected chi connectivity index (χ2v) is 7.51. The second kappa shape index (κ2) is 8.79. The standard InChI is InChI=1S/C23H30FNO/c1-2-15-23(26,20-11-13-21(24)14-12-20)22(19-9-5-3-6-10-19)18-25-16-7-4-8-17-25/h3,5-6,9-14,22,26H,2,4,7-8,15-18H2,1H3/t22-,23-/m1/s1. The molecule has 2 aromatic carbocycles. The lowest BCUT2D eigenvalue weighted by Crippen LogP contribution is -2.42. The smallest absolute Gasteiger partial charge is 0.123 e. The van der Waals surface area contributed by atoms with Crippen LogP contribution in [0.4, 0.5) is 4.39 Å². The van der Waals surface area contributed by atoms with Crippen LogP contribution in [-0.4, -0.2) is 29.6 Å². The number of nitrogens with zero attached hydrogens (tertiary/aromatic N) is 1. The molecular formula is C23H30FNO. The molecule has 26 heavy (non-hydrogen) atoms. The molecule has 3 heteroatoms. The van der Waals surface area contributed by atoms with Gasteiger partial charge in [0.05, 0.1) is 5.60 Å². The third-order valence-corrected chi connectivity index (χ3v) is 5.64. The number of benzene rings is 2. The summed E-state index contributed by atoms with van der Waals surface area (Å²) in [4.78, 5) is 2.48. The van der Waals surface area contributed by atoms with Crippen molar-refractivity contribution in [2.24, 2.45) is 0 Å². The molecule has 1 saturated heterocycles. The molecule has 1 heterocycles. The summed E-state index contributed by atoms with van der Waals surface area (Å²) in [5.74, 6) is -0.299. The lowest BCUT2D eigenvalue weighted by molar-refractivity contribution is -0.0153. The average molecular weight is 355 g/mol. The van der Waals surface area contributed by atoms with E-state index in [9.17, 15) is 9.50 Å². The molecule has 0 radical (unpaired) electrons. The Labute approximate surface area is 156 Å². The highest BCUT2D eigenvalue weighted by Gasteiger charge is 2.39. The van der Waals surface area contributed by atoms with Crippen molar-refractivity contribution < 1.29 is 9.50 Å². The van der Waals surface area contributed by atoms with Gasteiger partial charge in [0.2, 0.25) is 0 Å². The van der Waals surface area contributed by atoms with E-state index in [1.165, 1.54) is 31.4 Å². The molecule has 1 aliphatic rings. The van der Waals surface area contributed by atoms with Crippen LogP contribution in [0.3, 0.4) is 0 Å². The van der Waals surface area contributed by atoms with E-state index in [1.54, 1.807) is 12.1 Å². The van der Waals surface area contributed by atoms with Crippen LogP contribution in [0.15, 0.2) is 54.6 Å². The summed E-state index contributed by atoms with van der Waals surface area (Å²) in [6, 6.07) is 16.7. The van der Waals surface area contributed by atoms with Gasteiger partial charge in [0, 0.05) is 12.5 Å².